The van der Waals surface area contributed by atoms with Gasteiger partial charge in [-0.25, -0.2) is 29.4 Å². The molecule has 0 saturated heterocycles. The highest BCUT2D eigenvalue weighted by Crippen LogP contribution is 2.26. The first-order chi connectivity index (χ1) is 48.5. The Balaban J connectivity index is 0.000000172. The van der Waals surface area contributed by atoms with Gasteiger partial charge in [-0.1, -0.05) is 72.8 Å². The van der Waals surface area contributed by atoms with Gasteiger partial charge in [-0.05, 0) is 148 Å². The molecular formula is C78H66N6O18. The van der Waals surface area contributed by atoms with Crippen LogP contribution in [0.25, 0.3) is 0 Å². The van der Waals surface area contributed by atoms with Crippen LogP contribution in [0.1, 0.15) is 74.9 Å². The molecule has 0 bridgehead atoms. The summed E-state index contributed by atoms with van der Waals surface area (Å²) < 4.78 is 0. The Kier molecular flexibility index (Phi) is 26.2. The Bertz CT molecular complexity index is 3840. The number of imide groups is 6. The Hall–Kier alpha value is -13.4. The van der Waals surface area contributed by atoms with Gasteiger partial charge in [-0.3, -0.25) is 86.3 Å². The summed E-state index contributed by atoms with van der Waals surface area (Å²) in [5, 5.41) is 0. The fourth-order valence-corrected chi connectivity index (χ4v) is 10.5. The van der Waals surface area contributed by atoms with Crippen molar-refractivity contribution in [1.29, 1.82) is 0 Å². The van der Waals surface area contributed by atoms with Gasteiger partial charge in [0.1, 0.15) is 34.7 Å². The summed E-state index contributed by atoms with van der Waals surface area (Å²) in [6, 6.07) is 41.3. The minimum absolute atomic E-state index is 0.0411. The fourth-order valence-electron chi connectivity index (χ4n) is 10.5. The molecule has 0 N–H and O–H groups in total. The summed E-state index contributed by atoms with van der Waals surface area (Å²) in [6.07, 6.45) is 16.7. The first-order valence-corrected chi connectivity index (χ1v) is 31.3. The number of amides is 12. The van der Waals surface area contributed by atoms with Crippen LogP contribution < -0.4 is 29.4 Å². The molecule has 12 rings (SSSR count). The van der Waals surface area contributed by atoms with Crippen molar-refractivity contribution in [2.75, 3.05) is 29.4 Å². The van der Waals surface area contributed by atoms with Crippen LogP contribution in [-0.4, -0.2) is 106 Å². The minimum atomic E-state index is -0.352. The summed E-state index contributed by atoms with van der Waals surface area (Å²) in [5.41, 5.74) is 7.78. The second-order valence-electron chi connectivity index (χ2n) is 23.4. The molecule has 0 unspecified atom stereocenters. The lowest BCUT2D eigenvalue weighted by molar-refractivity contribution is -0.121. The zero-order valence-corrected chi connectivity index (χ0v) is 56.1. The molecule has 102 heavy (non-hydrogen) atoms. The molecule has 6 heterocycles. The third kappa shape index (κ3) is 21.3. The van der Waals surface area contributed by atoms with Gasteiger partial charge in [-0.15, -0.1) is 0 Å². The molecular weight excluding hydrogens is 1310 g/mol. The molecule has 0 aromatic heterocycles. The lowest BCUT2D eigenvalue weighted by Gasteiger charge is -2.14. The van der Waals surface area contributed by atoms with E-state index in [2.05, 4.69) is 0 Å². The standard InChI is InChI=1S/6C13H11NO3/c6*1-9(15)7-10-3-2-4-11(8-10)14-12(16)5-6-13(14)17/h6*2-6,8H,7H2,1H3. The third-order valence-electron chi connectivity index (χ3n) is 14.6. The number of carbonyl (C=O) groups excluding carboxylic acids is 18. The first-order valence-electron chi connectivity index (χ1n) is 31.3. The fraction of sp³-hybridized carbons (Fsp3) is 0.154. The molecule has 0 fully saturated rings. The van der Waals surface area contributed by atoms with Crippen LogP contribution in [0.5, 0.6) is 0 Å². The van der Waals surface area contributed by atoms with Crippen molar-refractivity contribution in [3.05, 3.63) is 252 Å². The normalized spacial score (nSPS) is 14.5. The molecule has 0 aliphatic carbocycles. The summed E-state index contributed by atoms with van der Waals surface area (Å²) >= 11 is 0. The van der Waals surface area contributed by atoms with Crippen molar-refractivity contribution >= 4 is 140 Å². The van der Waals surface area contributed by atoms with E-state index in [4.69, 9.17) is 0 Å². The quantitative estimate of drug-likeness (QED) is 0.0752. The highest BCUT2D eigenvalue weighted by Gasteiger charge is 2.30. The van der Waals surface area contributed by atoms with Crippen molar-refractivity contribution in [3.63, 3.8) is 0 Å². The summed E-state index contributed by atoms with van der Waals surface area (Å²) in [6.45, 7) is 9.00. The molecule has 6 aromatic rings. The maximum atomic E-state index is 11.5. The van der Waals surface area contributed by atoms with Gasteiger partial charge >= 0.3 is 0 Å². The van der Waals surface area contributed by atoms with Gasteiger partial charge in [0.25, 0.3) is 70.9 Å². The molecule has 24 nitrogen and oxygen atoms in total. The van der Waals surface area contributed by atoms with Crippen LogP contribution in [-0.2, 0) is 125 Å². The van der Waals surface area contributed by atoms with Crippen LogP contribution in [0.4, 0.5) is 34.1 Å². The average molecular weight is 1380 g/mol. The van der Waals surface area contributed by atoms with E-state index in [0.29, 0.717) is 72.6 Å². The second kappa shape index (κ2) is 35.2. The van der Waals surface area contributed by atoms with Gasteiger partial charge in [0.05, 0.1) is 34.1 Å². The molecule has 0 radical (unpaired) electrons. The smallest absolute Gasteiger partial charge is 0.258 e. The monoisotopic (exact) mass is 1370 g/mol. The van der Waals surface area contributed by atoms with E-state index in [1.807, 2.05) is 0 Å². The van der Waals surface area contributed by atoms with E-state index in [9.17, 15) is 86.3 Å². The second-order valence-corrected chi connectivity index (χ2v) is 23.4. The maximum Gasteiger partial charge on any atom is 0.258 e. The predicted molar refractivity (Wildman–Crippen MR) is 375 cm³/mol. The Morgan fingerprint density at radius 2 is 0.304 bits per heavy atom. The number of anilines is 6. The van der Waals surface area contributed by atoms with E-state index in [0.717, 1.165) is 62.8 Å². The number of hydrogen-bond donors (Lipinski definition) is 0. The molecule has 6 aromatic carbocycles. The van der Waals surface area contributed by atoms with Crippen LogP contribution in [0.2, 0.25) is 0 Å². The van der Waals surface area contributed by atoms with E-state index in [-0.39, 0.29) is 106 Å². The Morgan fingerprint density at radius 1 is 0.196 bits per heavy atom. The van der Waals surface area contributed by atoms with Gasteiger partial charge in [0.15, 0.2) is 0 Å². The third-order valence-corrected chi connectivity index (χ3v) is 14.6. The molecule has 0 saturated carbocycles. The van der Waals surface area contributed by atoms with Crippen LogP contribution >= 0.6 is 0 Å². The molecule has 0 atom stereocenters. The summed E-state index contributed by atoms with van der Waals surface area (Å²) in [7, 11) is 0. The van der Waals surface area contributed by atoms with Gasteiger partial charge in [0, 0.05) is 111 Å². The van der Waals surface area contributed by atoms with Crippen molar-refractivity contribution < 1.29 is 86.3 Å². The maximum absolute atomic E-state index is 11.5. The van der Waals surface area contributed by atoms with Gasteiger partial charge in [-0.2, -0.15) is 0 Å². The van der Waals surface area contributed by atoms with Gasteiger partial charge in [0.2, 0.25) is 0 Å². The molecule has 24 heteroatoms. The number of Topliss-reactive ketones (excluding diaryl/α,β-unsaturated/α-hetero) is 6. The highest BCUT2D eigenvalue weighted by atomic mass is 16.2. The molecule has 12 amide bonds. The Morgan fingerprint density at radius 3 is 0.402 bits per heavy atom. The SMILES string of the molecule is CC(=O)Cc1cccc(N2C(=O)C=CC2=O)c1.CC(=O)Cc1cccc(N2C(=O)C=CC2=O)c1.CC(=O)Cc1cccc(N2C(=O)C=CC2=O)c1.CC(=O)Cc1cccc(N2C(=O)C=CC2=O)c1.CC(=O)Cc1cccc(N2C(=O)C=CC2=O)c1.CC(=O)Cc1cccc(N2C(=O)C=CC2=O)c1. The first kappa shape index (κ1) is 76.0. The Labute approximate surface area is 584 Å². The summed E-state index contributed by atoms with van der Waals surface area (Å²) in [4.78, 5) is 210. The van der Waals surface area contributed by atoms with Crippen LogP contribution in [0.15, 0.2) is 219 Å². The number of nitrogens with zero attached hydrogens (tertiary/aromatic N) is 6. The number of rotatable bonds is 18. The molecule has 6 aliphatic rings. The van der Waals surface area contributed by atoms with Crippen molar-refractivity contribution in [1.82, 2.24) is 0 Å². The van der Waals surface area contributed by atoms with Crippen molar-refractivity contribution in [2.45, 2.75) is 80.1 Å². The van der Waals surface area contributed by atoms with E-state index < -0.39 is 0 Å². The van der Waals surface area contributed by atoms with Crippen LogP contribution in [0.3, 0.4) is 0 Å². The number of ketones is 6. The summed E-state index contributed by atoms with van der Waals surface area (Å²) in [5.74, 6) is -3.98. The molecule has 516 valence electrons. The van der Waals surface area contributed by atoms with Crippen molar-refractivity contribution in [3.8, 4) is 0 Å². The number of benzene rings is 6. The number of hydrogen-bond acceptors (Lipinski definition) is 18. The van der Waals surface area contributed by atoms with Crippen LogP contribution in [0, 0.1) is 0 Å². The zero-order chi connectivity index (χ0) is 74.5. The molecule has 0 spiro atoms. The predicted octanol–water partition coefficient (Wildman–Crippen LogP) is 7.49. The lowest BCUT2D eigenvalue weighted by atomic mass is 10.1. The minimum Gasteiger partial charge on any atom is -0.300 e. The van der Waals surface area contributed by atoms with Crippen molar-refractivity contribution in [2.24, 2.45) is 0 Å². The largest absolute Gasteiger partial charge is 0.300 e. The number of carbonyl (C=O) groups is 18. The highest BCUT2D eigenvalue weighted by molar-refractivity contribution is 6.31. The zero-order valence-electron chi connectivity index (χ0n) is 56.1. The van der Waals surface area contributed by atoms with E-state index in [1.165, 1.54) is 114 Å². The molecule has 6 aliphatic heterocycles. The average Bonchev–Trinajstić information content (AvgIpc) is 1.75. The topological polar surface area (TPSA) is 327 Å². The van der Waals surface area contributed by atoms with E-state index in [1.54, 1.807) is 146 Å². The lowest BCUT2D eigenvalue weighted by Crippen LogP contribution is -2.29. The van der Waals surface area contributed by atoms with E-state index >= 15 is 0 Å². The van der Waals surface area contributed by atoms with Gasteiger partial charge < -0.3 is 0 Å².